The Hall–Kier alpha value is -2.17. The number of hydrogen-bond donors (Lipinski definition) is 1. The van der Waals surface area contributed by atoms with E-state index in [1.54, 1.807) is 0 Å². The van der Waals surface area contributed by atoms with Gasteiger partial charge < -0.3 is 14.7 Å². The zero-order valence-electron chi connectivity index (χ0n) is 16.0. The lowest BCUT2D eigenvalue weighted by molar-refractivity contribution is -0.131. The van der Waals surface area contributed by atoms with E-state index in [0.717, 1.165) is 24.0 Å². The smallest absolute Gasteiger partial charge is 0.226 e. The lowest BCUT2D eigenvalue weighted by Crippen LogP contribution is -2.46. The SMILES string of the molecule is CCCC[C@@H](O)[C@H]1[C@@H](OCc2ccccc2)CC(=O)N1Cc1ccccc1. The second-order valence-corrected chi connectivity index (χ2v) is 7.25. The molecule has 144 valence electrons. The van der Waals surface area contributed by atoms with Crippen LogP contribution in [0.4, 0.5) is 0 Å². The Morgan fingerprint density at radius 1 is 1.07 bits per heavy atom. The molecule has 1 amide bonds. The summed E-state index contributed by atoms with van der Waals surface area (Å²) in [5.74, 6) is 0.0532. The average molecular weight is 367 g/mol. The Morgan fingerprint density at radius 3 is 2.33 bits per heavy atom. The van der Waals surface area contributed by atoms with Gasteiger partial charge in [-0.3, -0.25) is 4.79 Å². The molecule has 0 radical (unpaired) electrons. The van der Waals surface area contributed by atoms with E-state index in [-0.39, 0.29) is 18.1 Å². The van der Waals surface area contributed by atoms with Gasteiger partial charge in [0.15, 0.2) is 0 Å². The number of aliphatic hydroxyl groups excluding tert-OH is 1. The third kappa shape index (κ3) is 5.18. The predicted molar refractivity (Wildman–Crippen MR) is 106 cm³/mol. The number of rotatable bonds is 9. The first-order chi connectivity index (χ1) is 13.2. The van der Waals surface area contributed by atoms with Gasteiger partial charge in [-0.15, -0.1) is 0 Å². The standard InChI is InChI=1S/C23H29NO3/c1-2-3-14-20(25)23-21(27-17-19-12-8-5-9-13-19)15-22(26)24(23)16-18-10-6-4-7-11-18/h4-13,20-21,23,25H,2-3,14-17H2,1H3/t20-,21+,23+/m1/s1. The molecule has 0 saturated carbocycles. The zero-order valence-corrected chi connectivity index (χ0v) is 16.0. The molecule has 4 nitrogen and oxygen atoms in total. The van der Waals surface area contributed by atoms with Crippen molar-refractivity contribution in [3.63, 3.8) is 0 Å². The van der Waals surface area contributed by atoms with E-state index < -0.39 is 6.10 Å². The van der Waals surface area contributed by atoms with Gasteiger partial charge >= 0.3 is 0 Å². The van der Waals surface area contributed by atoms with Crippen LogP contribution in [0.25, 0.3) is 0 Å². The summed E-state index contributed by atoms with van der Waals surface area (Å²) in [6.45, 7) is 3.07. The Bertz CT molecular complexity index is 704. The molecule has 1 saturated heterocycles. The summed E-state index contributed by atoms with van der Waals surface area (Å²) in [6, 6.07) is 19.6. The Morgan fingerprint density at radius 2 is 1.70 bits per heavy atom. The number of aliphatic hydroxyl groups is 1. The Labute approximate surface area is 161 Å². The second kappa shape index (κ2) is 9.67. The second-order valence-electron chi connectivity index (χ2n) is 7.25. The fourth-order valence-electron chi connectivity index (χ4n) is 3.73. The average Bonchev–Trinajstić information content (AvgIpc) is 3.01. The molecule has 0 aliphatic carbocycles. The lowest BCUT2D eigenvalue weighted by atomic mass is 10.00. The number of hydrogen-bond acceptors (Lipinski definition) is 3. The number of benzene rings is 2. The molecule has 1 N–H and O–H groups in total. The van der Waals surface area contributed by atoms with Crippen LogP contribution in [0.15, 0.2) is 60.7 Å². The number of nitrogens with zero attached hydrogens (tertiary/aromatic N) is 1. The van der Waals surface area contributed by atoms with Crippen LogP contribution >= 0.6 is 0 Å². The fourth-order valence-corrected chi connectivity index (χ4v) is 3.73. The molecular formula is C23H29NO3. The molecule has 2 aromatic carbocycles. The number of carbonyl (C=O) groups excluding carboxylic acids is 1. The molecule has 27 heavy (non-hydrogen) atoms. The summed E-state index contributed by atoms with van der Waals surface area (Å²) >= 11 is 0. The molecule has 1 aliphatic rings. The minimum absolute atomic E-state index is 0.0532. The molecule has 1 heterocycles. The van der Waals surface area contributed by atoms with Gasteiger partial charge in [-0.25, -0.2) is 0 Å². The third-order valence-electron chi connectivity index (χ3n) is 5.19. The van der Waals surface area contributed by atoms with Gasteiger partial charge in [-0.1, -0.05) is 80.4 Å². The summed E-state index contributed by atoms with van der Waals surface area (Å²) in [5.41, 5.74) is 2.15. The van der Waals surface area contributed by atoms with Crippen LogP contribution < -0.4 is 0 Å². The summed E-state index contributed by atoms with van der Waals surface area (Å²) in [6.07, 6.45) is 2.12. The highest BCUT2D eigenvalue weighted by molar-refractivity contribution is 5.80. The van der Waals surface area contributed by atoms with Gasteiger partial charge in [-0.05, 0) is 17.5 Å². The van der Waals surface area contributed by atoms with Gasteiger partial charge in [0.05, 0.1) is 31.3 Å². The molecule has 0 unspecified atom stereocenters. The zero-order chi connectivity index (χ0) is 19.1. The number of likely N-dealkylation sites (tertiary alicyclic amines) is 1. The molecule has 4 heteroatoms. The van der Waals surface area contributed by atoms with Crippen LogP contribution in [-0.2, 0) is 22.7 Å². The van der Waals surface area contributed by atoms with Crippen molar-refractivity contribution in [2.45, 2.75) is 64.0 Å². The highest BCUT2D eigenvalue weighted by Gasteiger charge is 2.44. The van der Waals surface area contributed by atoms with Crippen LogP contribution in [0.1, 0.15) is 43.7 Å². The molecule has 1 fully saturated rings. The summed E-state index contributed by atoms with van der Waals surface area (Å²) < 4.78 is 6.12. The molecule has 3 atom stereocenters. The van der Waals surface area contributed by atoms with Crippen molar-refractivity contribution < 1.29 is 14.6 Å². The topological polar surface area (TPSA) is 49.8 Å². The fraction of sp³-hybridized carbons (Fsp3) is 0.435. The lowest BCUT2D eigenvalue weighted by Gasteiger charge is -2.32. The first-order valence-electron chi connectivity index (χ1n) is 9.86. The van der Waals surface area contributed by atoms with Crippen molar-refractivity contribution in [1.82, 2.24) is 4.90 Å². The predicted octanol–water partition coefficient (Wildman–Crippen LogP) is 3.92. The molecule has 3 rings (SSSR count). The normalized spacial score (nSPS) is 20.8. The van der Waals surface area contributed by atoms with Crippen LogP contribution in [0, 0.1) is 0 Å². The number of carbonyl (C=O) groups is 1. The van der Waals surface area contributed by atoms with Crippen molar-refractivity contribution in [1.29, 1.82) is 0 Å². The van der Waals surface area contributed by atoms with E-state index in [1.807, 2.05) is 65.6 Å². The van der Waals surface area contributed by atoms with Gasteiger partial charge in [-0.2, -0.15) is 0 Å². The van der Waals surface area contributed by atoms with E-state index in [2.05, 4.69) is 6.92 Å². The molecule has 0 bridgehead atoms. The summed E-state index contributed by atoms with van der Waals surface area (Å²) in [4.78, 5) is 14.5. The van der Waals surface area contributed by atoms with Crippen LogP contribution in [0.2, 0.25) is 0 Å². The number of amides is 1. The van der Waals surface area contributed by atoms with Crippen molar-refractivity contribution in [2.24, 2.45) is 0 Å². The molecule has 0 aromatic heterocycles. The summed E-state index contributed by atoms with van der Waals surface area (Å²) in [7, 11) is 0. The van der Waals surface area contributed by atoms with Gasteiger partial charge in [0.1, 0.15) is 0 Å². The molecular weight excluding hydrogens is 338 g/mol. The first kappa shape index (κ1) is 19.6. The Balaban J connectivity index is 1.73. The van der Waals surface area contributed by atoms with Crippen LogP contribution in [0.5, 0.6) is 0 Å². The highest BCUT2D eigenvalue weighted by atomic mass is 16.5. The largest absolute Gasteiger partial charge is 0.391 e. The van der Waals surface area contributed by atoms with Gasteiger partial charge in [0, 0.05) is 6.54 Å². The van der Waals surface area contributed by atoms with Crippen LogP contribution in [0.3, 0.4) is 0 Å². The maximum Gasteiger partial charge on any atom is 0.226 e. The maximum absolute atomic E-state index is 12.7. The minimum atomic E-state index is -0.569. The number of unbranched alkanes of at least 4 members (excludes halogenated alkanes) is 1. The van der Waals surface area contributed by atoms with Crippen molar-refractivity contribution >= 4 is 5.91 Å². The van der Waals surface area contributed by atoms with E-state index in [0.29, 0.717) is 26.0 Å². The van der Waals surface area contributed by atoms with Crippen molar-refractivity contribution in [2.75, 3.05) is 0 Å². The van der Waals surface area contributed by atoms with E-state index >= 15 is 0 Å². The molecule has 0 spiro atoms. The third-order valence-corrected chi connectivity index (χ3v) is 5.19. The minimum Gasteiger partial charge on any atom is -0.391 e. The number of ether oxygens (including phenoxy) is 1. The quantitative estimate of drug-likeness (QED) is 0.731. The Kier molecular flexibility index (Phi) is 7.02. The van der Waals surface area contributed by atoms with Crippen molar-refractivity contribution in [3.05, 3.63) is 71.8 Å². The van der Waals surface area contributed by atoms with E-state index in [9.17, 15) is 9.90 Å². The highest BCUT2D eigenvalue weighted by Crippen LogP contribution is 2.29. The van der Waals surface area contributed by atoms with E-state index in [4.69, 9.17) is 4.74 Å². The molecule has 2 aromatic rings. The van der Waals surface area contributed by atoms with Crippen LogP contribution in [-0.4, -0.2) is 34.2 Å². The van der Waals surface area contributed by atoms with Gasteiger partial charge in [0.25, 0.3) is 0 Å². The monoisotopic (exact) mass is 367 g/mol. The van der Waals surface area contributed by atoms with Crippen molar-refractivity contribution in [3.8, 4) is 0 Å². The van der Waals surface area contributed by atoms with Gasteiger partial charge in [0.2, 0.25) is 5.91 Å². The summed E-state index contributed by atoms with van der Waals surface area (Å²) in [5, 5.41) is 10.8. The van der Waals surface area contributed by atoms with E-state index in [1.165, 1.54) is 0 Å². The maximum atomic E-state index is 12.7. The first-order valence-corrected chi connectivity index (χ1v) is 9.86. The molecule has 1 aliphatic heterocycles.